The molecule has 0 aromatic heterocycles. The number of halogens is 2. The Morgan fingerprint density at radius 1 is 1.26 bits per heavy atom. The Kier molecular flexibility index (Phi) is 5.01. The van der Waals surface area contributed by atoms with Crippen molar-refractivity contribution in [2.75, 3.05) is 13.1 Å². The molecule has 0 saturated carbocycles. The third-order valence-corrected chi connectivity index (χ3v) is 5.32. The maximum atomic E-state index is 12.2. The zero-order chi connectivity index (χ0) is 16.6. The van der Waals surface area contributed by atoms with Crippen molar-refractivity contribution >= 4 is 52.1 Å². The van der Waals surface area contributed by atoms with Crippen LogP contribution >= 0.6 is 35.0 Å². The van der Waals surface area contributed by atoms with Gasteiger partial charge >= 0.3 is 0 Å². The third-order valence-electron chi connectivity index (χ3n) is 3.54. The minimum absolute atomic E-state index is 0.125. The van der Waals surface area contributed by atoms with E-state index in [0.29, 0.717) is 15.0 Å². The minimum Gasteiger partial charge on any atom is -0.372 e. The Morgan fingerprint density at radius 3 is 2.61 bits per heavy atom. The van der Waals surface area contributed by atoms with Crippen LogP contribution in [0.5, 0.6) is 0 Å². The van der Waals surface area contributed by atoms with Gasteiger partial charge < -0.3 is 9.64 Å². The van der Waals surface area contributed by atoms with E-state index in [1.165, 1.54) is 11.8 Å². The number of ether oxygens (including phenoxy) is 1. The maximum Gasteiger partial charge on any atom is 0.286 e. The molecule has 0 spiro atoms. The Labute approximate surface area is 149 Å². The second-order valence-corrected chi connectivity index (χ2v) is 7.47. The van der Waals surface area contributed by atoms with Crippen molar-refractivity contribution in [3.8, 4) is 0 Å². The average Bonchev–Trinajstić information content (AvgIpc) is 2.83. The van der Waals surface area contributed by atoms with Crippen molar-refractivity contribution in [3.63, 3.8) is 0 Å². The molecular weight excluding hydrogens is 355 g/mol. The number of aliphatic imine (C=N–C) groups is 1. The van der Waals surface area contributed by atoms with Gasteiger partial charge in [0.05, 0.1) is 27.2 Å². The summed E-state index contributed by atoms with van der Waals surface area (Å²) in [7, 11) is 0. The highest BCUT2D eigenvalue weighted by atomic mass is 35.5. The zero-order valence-corrected chi connectivity index (χ0v) is 15.1. The van der Waals surface area contributed by atoms with Gasteiger partial charge in [0.2, 0.25) is 0 Å². The predicted octanol–water partition coefficient (Wildman–Crippen LogP) is 4.07. The van der Waals surface area contributed by atoms with Crippen LogP contribution in [0.25, 0.3) is 6.08 Å². The molecule has 2 atom stereocenters. The van der Waals surface area contributed by atoms with E-state index in [9.17, 15) is 4.79 Å². The lowest BCUT2D eigenvalue weighted by Gasteiger charge is -2.35. The Morgan fingerprint density at radius 2 is 1.96 bits per heavy atom. The molecule has 0 radical (unpaired) electrons. The number of hydrogen-bond donors (Lipinski definition) is 0. The standard InChI is InChI=1S/C16H16Cl2N2O2S/c1-9-7-20(8-10(2)22-9)16-19-15(21)14(23-16)6-11-3-4-12(17)13(18)5-11/h3-6,9-10H,7-8H2,1-2H3/b14-6-/t9-,10-/m0/s1. The van der Waals surface area contributed by atoms with Crippen LogP contribution in [-0.4, -0.2) is 41.3 Å². The number of amidine groups is 1. The van der Waals surface area contributed by atoms with Gasteiger partial charge in [-0.1, -0.05) is 29.3 Å². The summed E-state index contributed by atoms with van der Waals surface area (Å²) in [6.07, 6.45) is 2.04. The molecule has 1 fully saturated rings. The summed E-state index contributed by atoms with van der Waals surface area (Å²) in [6, 6.07) is 5.28. The number of morpholine rings is 1. The Bertz CT molecular complexity index is 695. The van der Waals surface area contributed by atoms with Gasteiger partial charge in [-0.15, -0.1) is 0 Å². The first-order chi connectivity index (χ1) is 10.9. The van der Waals surface area contributed by atoms with Crippen LogP contribution in [0, 0.1) is 0 Å². The molecule has 1 aromatic carbocycles. The zero-order valence-electron chi connectivity index (χ0n) is 12.8. The topological polar surface area (TPSA) is 41.9 Å². The molecule has 1 saturated heterocycles. The van der Waals surface area contributed by atoms with E-state index in [4.69, 9.17) is 27.9 Å². The average molecular weight is 371 g/mol. The lowest BCUT2D eigenvalue weighted by Crippen LogP contribution is -2.47. The fourth-order valence-corrected chi connectivity index (χ4v) is 3.86. The van der Waals surface area contributed by atoms with Crippen LogP contribution in [0.15, 0.2) is 28.1 Å². The van der Waals surface area contributed by atoms with Crippen molar-refractivity contribution in [1.29, 1.82) is 0 Å². The SMILES string of the molecule is C[C@H]1CN(C2=NC(=O)/C(=C/c3ccc(Cl)c(Cl)c3)S2)C[C@H](C)O1. The first kappa shape index (κ1) is 16.8. The molecule has 0 bridgehead atoms. The second kappa shape index (κ2) is 6.85. The number of thioether (sulfide) groups is 1. The van der Waals surface area contributed by atoms with Crippen LogP contribution in [-0.2, 0) is 9.53 Å². The summed E-state index contributed by atoms with van der Waals surface area (Å²) in [5.74, 6) is -0.220. The molecule has 23 heavy (non-hydrogen) atoms. The van der Waals surface area contributed by atoms with Crippen LogP contribution in [0.1, 0.15) is 19.4 Å². The normalized spacial score (nSPS) is 26.8. The van der Waals surface area contributed by atoms with E-state index in [1.807, 2.05) is 19.9 Å². The van der Waals surface area contributed by atoms with E-state index >= 15 is 0 Å². The smallest absolute Gasteiger partial charge is 0.286 e. The molecule has 2 heterocycles. The van der Waals surface area contributed by atoms with Gasteiger partial charge in [0, 0.05) is 13.1 Å². The third kappa shape index (κ3) is 3.91. The second-order valence-electron chi connectivity index (χ2n) is 5.65. The monoisotopic (exact) mass is 370 g/mol. The molecule has 7 heteroatoms. The van der Waals surface area contributed by atoms with Crippen molar-refractivity contribution in [2.24, 2.45) is 4.99 Å². The summed E-state index contributed by atoms with van der Waals surface area (Å²) in [5, 5.41) is 1.70. The maximum absolute atomic E-state index is 12.2. The molecular formula is C16H16Cl2N2O2S. The number of amides is 1. The van der Waals surface area contributed by atoms with E-state index < -0.39 is 0 Å². The minimum atomic E-state index is -0.220. The molecule has 122 valence electrons. The van der Waals surface area contributed by atoms with Gasteiger partial charge in [-0.3, -0.25) is 4.79 Å². The Hall–Kier alpha value is -1.01. The number of carbonyl (C=O) groups excluding carboxylic acids is 1. The van der Waals surface area contributed by atoms with E-state index in [2.05, 4.69) is 9.89 Å². The summed E-state index contributed by atoms with van der Waals surface area (Å²) >= 11 is 13.3. The Balaban J connectivity index is 1.76. The van der Waals surface area contributed by atoms with Gasteiger partial charge in [-0.25, -0.2) is 0 Å². The quantitative estimate of drug-likeness (QED) is 0.698. The number of rotatable bonds is 1. The highest BCUT2D eigenvalue weighted by molar-refractivity contribution is 8.18. The van der Waals surface area contributed by atoms with Gasteiger partial charge in [0.1, 0.15) is 0 Å². The largest absolute Gasteiger partial charge is 0.372 e. The summed E-state index contributed by atoms with van der Waals surface area (Å²) in [6.45, 7) is 5.53. The summed E-state index contributed by atoms with van der Waals surface area (Å²) in [4.78, 5) is 19.0. The fraction of sp³-hybridized carbons (Fsp3) is 0.375. The molecule has 0 unspecified atom stereocenters. The number of benzene rings is 1. The van der Waals surface area contributed by atoms with Gasteiger partial charge in [0.15, 0.2) is 5.17 Å². The molecule has 1 amide bonds. The summed E-state index contributed by atoms with van der Waals surface area (Å²) < 4.78 is 5.72. The van der Waals surface area contributed by atoms with Gasteiger partial charge in [-0.05, 0) is 49.4 Å². The molecule has 2 aliphatic heterocycles. The lowest BCUT2D eigenvalue weighted by molar-refractivity contribution is -0.113. The van der Waals surface area contributed by atoms with Crippen molar-refractivity contribution in [1.82, 2.24) is 4.90 Å². The van der Waals surface area contributed by atoms with Crippen LogP contribution in [0.4, 0.5) is 0 Å². The number of carbonyl (C=O) groups is 1. The van der Waals surface area contributed by atoms with Crippen molar-refractivity contribution in [3.05, 3.63) is 38.7 Å². The molecule has 4 nitrogen and oxygen atoms in total. The van der Waals surface area contributed by atoms with E-state index in [-0.39, 0.29) is 18.1 Å². The first-order valence-electron chi connectivity index (χ1n) is 7.30. The first-order valence-corrected chi connectivity index (χ1v) is 8.87. The van der Waals surface area contributed by atoms with Crippen LogP contribution < -0.4 is 0 Å². The predicted molar refractivity (Wildman–Crippen MR) is 96.1 cm³/mol. The molecule has 1 aromatic rings. The van der Waals surface area contributed by atoms with Gasteiger partial charge in [0.25, 0.3) is 5.91 Å². The van der Waals surface area contributed by atoms with E-state index in [1.54, 1.807) is 18.2 Å². The number of nitrogens with zero attached hydrogens (tertiary/aromatic N) is 2. The van der Waals surface area contributed by atoms with Crippen molar-refractivity contribution in [2.45, 2.75) is 26.1 Å². The highest BCUT2D eigenvalue weighted by Gasteiger charge is 2.30. The number of hydrogen-bond acceptors (Lipinski definition) is 4. The highest BCUT2D eigenvalue weighted by Crippen LogP contribution is 2.32. The lowest BCUT2D eigenvalue weighted by atomic mass is 10.2. The van der Waals surface area contributed by atoms with Crippen LogP contribution in [0.2, 0.25) is 10.0 Å². The van der Waals surface area contributed by atoms with E-state index in [0.717, 1.165) is 23.8 Å². The molecule has 0 N–H and O–H groups in total. The van der Waals surface area contributed by atoms with Gasteiger partial charge in [-0.2, -0.15) is 4.99 Å². The molecule has 3 rings (SSSR count). The summed E-state index contributed by atoms with van der Waals surface area (Å²) in [5.41, 5.74) is 0.829. The molecule has 0 aliphatic carbocycles. The molecule has 2 aliphatic rings. The van der Waals surface area contributed by atoms with Crippen LogP contribution in [0.3, 0.4) is 0 Å². The van der Waals surface area contributed by atoms with Crippen molar-refractivity contribution < 1.29 is 9.53 Å². The fourth-order valence-electron chi connectivity index (χ4n) is 2.62.